The predicted molar refractivity (Wildman–Crippen MR) is 98.7 cm³/mol. The molecule has 3 N–H and O–H groups in total. The summed E-state index contributed by atoms with van der Waals surface area (Å²) in [7, 11) is 0. The lowest BCUT2D eigenvalue weighted by molar-refractivity contribution is 0.0750. The van der Waals surface area contributed by atoms with E-state index >= 15 is 0 Å². The maximum Gasteiger partial charge on any atom is 0.272 e. The number of aromatic nitrogens is 1. The van der Waals surface area contributed by atoms with Gasteiger partial charge in [0, 0.05) is 25.2 Å². The van der Waals surface area contributed by atoms with Crippen LogP contribution >= 0.6 is 0 Å². The monoisotopic (exact) mass is 356 g/mol. The third-order valence-corrected chi connectivity index (χ3v) is 6.27. The number of likely N-dealkylation sites (tertiary alicyclic amines) is 1. The smallest absolute Gasteiger partial charge is 0.272 e. The van der Waals surface area contributed by atoms with E-state index in [9.17, 15) is 9.59 Å². The first-order valence-electron chi connectivity index (χ1n) is 9.94. The molecule has 0 spiro atoms. The highest BCUT2D eigenvalue weighted by atomic mass is 16.2. The molecule has 2 atom stereocenters. The van der Waals surface area contributed by atoms with Gasteiger partial charge in [-0.2, -0.15) is 0 Å². The normalized spacial score (nSPS) is 30.9. The zero-order chi connectivity index (χ0) is 18.1. The number of carbonyl (C=O) groups is 2. The first-order chi connectivity index (χ1) is 12.6. The minimum atomic E-state index is -0.168. The van der Waals surface area contributed by atoms with Crippen LogP contribution in [0.2, 0.25) is 0 Å². The molecule has 4 rings (SSSR count). The highest BCUT2D eigenvalue weighted by Crippen LogP contribution is 2.39. The Balaban J connectivity index is 1.46. The molecule has 2 saturated carbocycles. The van der Waals surface area contributed by atoms with E-state index in [1.165, 1.54) is 6.42 Å². The second kappa shape index (κ2) is 7.35. The number of pyridine rings is 1. The molecule has 1 aliphatic heterocycles. The molecule has 6 heteroatoms. The van der Waals surface area contributed by atoms with Crippen LogP contribution in [0.4, 0.5) is 0 Å². The van der Waals surface area contributed by atoms with Crippen molar-refractivity contribution in [1.82, 2.24) is 15.2 Å². The van der Waals surface area contributed by atoms with Crippen LogP contribution in [0, 0.1) is 11.8 Å². The predicted octanol–water partition coefficient (Wildman–Crippen LogP) is 1.95. The van der Waals surface area contributed by atoms with Gasteiger partial charge in [0.05, 0.1) is 0 Å². The SMILES string of the molecule is NC1CC2CCCC(C1)C2NC(=O)c1cccc(C(=O)N2CCCC2)n1. The van der Waals surface area contributed by atoms with Crippen LogP contribution in [-0.2, 0) is 0 Å². The molecule has 0 aromatic carbocycles. The number of nitrogens with two attached hydrogens (primary N) is 1. The first kappa shape index (κ1) is 17.5. The number of fused-ring (bicyclic) bond motifs is 2. The second-order valence-corrected chi connectivity index (χ2v) is 8.09. The summed E-state index contributed by atoms with van der Waals surface area (Å²) >= 11 is 0. The second-order valence-electron chi connectivity index (χ2n) is 8.09. The average Bonchev–Trinajstić information content (AvgIpc) is 3.16. The van der Waals surface area contributed by atoms with Gasteiger partial charge in [-0.25, -0.2) is 4.98 Å². The fourth-order valence-corrected chi connectivity index (χ4v) is 5.01. The third kappa shape index (κ3) is 3.47. The van der Waals surface area contributed by atoms with Crippen molar-refractivity contribution in [2.75, 3.05) is 13.1 Å². The highest BCUT2D eigenvalue weighted by Gasteiger charge is 2.40. The fraction of sp³-hybridized carbons (Fsp3) is 0.650. The molecule has 2 unspecified atom stereocenters. The van der Waals surface area contributed by atoms with Gasteiger partial charge in [-0.05, 0) is 62.5 Å². The van der Waals surface area contributed by atoms with Crippen LogP contribution in [0.25, 0.3) is 0 Å². The lowest BCUT2D eigenvalue weighted by Crippen LogP contribution is -2.53. The minimum absolute atomic E-state index is 0.0716. The molecule has 2 bridgehead atoms. The van der Waals surface area contributed by atoms with Gasteiger partial charge in [-0.1, -0.05) is 12.5 Å². The van der Waals surface area contributed by atoms with E-state index in [0.29, 0.717) is 23.2 Å². The molecular weight excluding hydrogens is 328 g/mol. The molecule has 2 amide bonds. The van der Waals surface area contributed by atoms with Crippen molar-refractivity contribution in [1.29, 1.82) is 0 Å². The van der Waals surface area contributed by atoms with Gasteiger partial charge in [0.25, 0.3) is 11.8 Å². The molecule has 2 heterocycles. The maximum atomic E-state index is 12.8. The standard InChI is InChI=1S/C20H28N4O2/c21-15-11-13-5-3-6-14(12-15)18(13)23-19(25)16-7-4-8-17(22-16)20(26)24-9-1-2-10-24/h4,7-8,13-15,18H,1-3,5-6,9-12,21H2,(H,23,25). The van der Waals surface area contributed by atoms with Crippen LogP contribution in [0.15, 0.2) is 18.2 Å². The average molecular weight is 356 g/mol. The summed E-state index contributed by atoms with van der Waals surface area (Å²) in [6.45, 7) is 1.56. The van der Waals surface area contributed by atoms with E-state index < -0.39 is 0 Å². The number of rotatable bonds is 3. The van der Waals surface area contributed by atoms with Crippen LogP contribution in [0.5, 0.6) is 0 Å². The Labute approximate surface area is 154 Å². The molecule has 6 nitrogen and oxygen atoms in total. The third-order valence-electron chi connectivity index (χ3n) is 6.27. The lowest BCUT2D eigenvalue weighted by Gasteiger charge is -2.45. The molecule has 140 valence electrons. The molecule has 3 aliphatic rings. The summed E-state index contributed by atoms with van der Waals surface area (Å²) < 4.78 is 0. The molecular formula is C20H28N4O2. The van der Waals surface area contributed by atoms with Crippen molar-refractivity contribution in [2.45, 2.75) is 57.0 Å². The van der Waals surface area contributed by atoms with Crippen molar-refractivity contribution < 1.29 is 9.59 Å². The molecule has 1 aromatic heterocycles. The van der Waals surface area contributed by atoms with Crippen molar-refractivity contribution in [3.63, 3.8) is 0 Å². The largest absolute Gasteiger partial charge is 0.347 e. The summed E-state index contributed by atoms with van der Waals surface area (Å²) in [5, 5.41) is 3.21. The zero-order valence-electron chi connectivity index (χ0n) is 15.2. The summed E-state index contributed by atoms with van der Waals surface area (Å²) in [5.74, 6) is 0.697. The van der Waals surface area contributed by atoms with Gasteiger partial charge in [-0.3, -0.25) is 9.59 Å². The van der Waals surface area contributed by atoms with Gasteiger partial charge in [0.2, 0.25) is 0 Å². The Hall–Kier alpha value is -1.95. The lowest BCUT2D eigenvalue weighted by atomic mass is 9.67. The van der Waals surface area contributed by atoms with E-state index in [0.717, 1.165) is 51.6 Å². The molecule has 26 heavy (non-hydrogen) atoms. The van der Waals surface area contributed by atoms with Crippen LogP contribution in [-0.4, -0.2) is 46.9 Å². The topological polar surface area (TPSA) is 88.3 Å². The number of carbonyl (C=O) groups excluding carboxylic acids is 2. The highest BCUT2D eigenvalue weighted by molar-refractivity contribution is 5.96. The van der Waals surface area contributed by atoms with Gasteiger partial charge in [0.15, 0.2) is 0 Å². The van der Waals surface area contributed by atoms with Gasteiger partial charge < -0.3 is 16.0 Å². The zero-order valence-corrected chi connectivity index (χ0v) is 15.2. The van der Waals surface area contributed by atoms with E-state index in [-0.39, 0.29) is 23.9 Å². The van der Waals surface area contributed by atoms with Gasteiger partial charge in [0.1, 0.15) is 11.4 Å². The van der Waals surface area contributed by atoms with Crippen LogP contribution in [0.1, 0.15) is 65.9 Å². The van der Waals surface area contributed by atoms with E-state index in [1.807, 2.05) is 4.90 Å². The Morgan fingerprint density at radius 2 is 1.69 bits per heavy atom. The minimum Gasteiger partial charge on any atom is -0.347 e. The number of amides is 2. The fourth-order valence-electron chi connectivity index (χ4n) is 5.01. The molecule has 1 aromatic rings. The molecule has 2 aliphatic carbocycles. The quantitative estimate of drug-likeness (QED) is 0.866. The molecule has 3 fully saturated rings. The summed E-state index contributed by atoms with van der Waals surface area (Å²) in [6, 6.07) is 5.60. The summed E-state index contributed by atoms with van der Waals surface area (Å²) in [5.41, 5.74) is 6.88. The summed E-state index contributed by atoms with van der Waals surface area (Å²) in [4.78, 5) is 31.5. The first-order valence-corrected chi connectivity index (χ1v) is 9.94. The Morgan fingerprint density at radius 3 is 2.38 bits per heavy atom. The number of nitrogens with one attached hydrogen (secondary N) is 1. The Morgan fingerprint density at radius 1 is 1.04 bits per heavy atom. The van der Waals surface area contributed by atoms with E-state index in [2.05, 4.69) is 10.3 Å². The van der Waals surface area contributed by atoms with Crippen molar-refractivity contribution in [3.8, 4) is 0 Å². The number of hydrogen-bond acceptors (Lipinski definition) is 4. The number of hydrogen-bond donors (Lipinski definition) is 2. The maximum absolute atomic E-state index is 12.8. The Bertz CT molecular complexity index is 672. The molecule has 1 saturated heterocycles. The van der Waals surface area contributed by atoms with Crippen LogP contribution in [0.3, 0.4) is 0 Å². The van der Waals surface area contributed by atoms with E-state index in [1.54, 1.807) is 18.2 Å². The van der Waals surface area contributed by atoms with Gasteiger partial charge in [-0.15, -0.1) is 0 Å². The Kier molecular flexibility index (Phi) is 4.94. The molecule has 0 radical (unpaired) electrons. The van der Waals surface area contributed by atoms with Crippen molar-refractivity contribution in [2.24, 2.45) is 17.6 Å². The number of nitrogens with zero attached hydrogens (tertiary/aromatic N) is 2. The van der Waals surface area contributed by atoms with Crippen molar-refractivity contribution in [3.05, 3.63) is 29.6 Å². The van der Waals surface area contributed by atoms with Crippen molar-refractivity contribution >= 4 is 11.8 Å². The van der Waals surface area contributed by atoms with E-state index in [4.69, 9.17) is 5.73 Å². The van der Waals surface area contributed by atoms with Gasteiger partial charge >= 0.3 is 0 Å². The summed E-state index contributed by atoms with van der Waals surface area (Å²) in [6.07, 6.45) is 7.56. The van der Waals surface area contributed by atoms with Crippen LogP contribution < -0.4 is 11.1 Å².